The van der Waals surface area contributed by atoms with Gasteiger partial charge in [-0.3, -0.25) is 4.79 Å². The molecule has 18 heavy (non-hydrogen) atoms. The Morgan fingerprint density at radius 1 is 1.56 bits per heavy atom. The first kappa shape index (κ1) is 13.1. The van der Waals surface area contributed by atoms with E-state index in [1.165, 1.54) is 0 Å². The summed E-state index contributed by atoms with van der Waals surface area (Å²) in [5, 5.41) is 0. The molecule has 2 rings (SSSR count). The van der Waals surface area contributed by atoms with Crippen molar-refractivity contribution in [2.24, 2.45) is 11.1 Å². The third kappa shape index (κ3) is 2.41. The molecule has 2 heterocycles. The maximum atomic E-state index is 12.3. The first-order valence-corrected chi connectivity index (χ1v) is 6.60. The second-order valence-electron chi connectivity index (χ2n) is 5.44. The summed E-state index contributed by atoms with van der Waals surface area (Å²) >= 11 is 0. The molecule has 0 aromatic carbocycles. The molecule has 100 valence electrons. The lowest BCUT2D eigenvalue weighted by molar-refractivity contribution is 0.383. The Kier molecular flexibility index (Phi) is 3.71. The van der Waals surface area contributed by atoms with Crippen molar-refractivity contribution in [2.75, 3.05) is 24.5 Å². The van der Waals surface area contributed by atoms with Gasteiger partial charge in [0.1, 0.15) is 0 Å². The number of hydrogen-bond acceptors (Lipinski definition) is 4. The Morgan fingerprint density at radius 3 is 2.94 bits per heavy atom. The molecular formula is C13H22N4O. The first-order valence-electron chi connectivity index (χ1n) is 6.60. The Hall–Kier alpha value is -1.36. The van der Waals surface area contributed by atoms with Crippen molar-refractivity contribution in [2.45, 2.75) is 33.2 Å². The predicted molar refractivity (Wildman–Crippen MR) is 72.8 cm³/mol. The van der Waals surface area contributed by atoms with E-state index in [1.54, 1.807) is 17.0 Å². The highest BCUT2D eigenvalue weighted by molar-refractivity contribution is 5.38. The highest BCUT2D eigenvalue weighted by Crippen LogP contribution is 2.29. The van der Waals surface area contributed by atoms with Gasteiger partial charge in [-0.1, -0.05) is 13.8 Å². The molecule has 0 radical (unpaired) electrons. The fraction of sp³-hybridized carbons (Fsp3) is 0.692. The molecular weight excluding hydrogens is 228 g/mol. The van der Waals surface area contributed by atoms with E-state index in [0.29, 0.717) is 12.4 Å². The number of aromatic nitrogens is 2. The average molecular weight is 250 g/mol. The van der Waals surface area contributed by atoms with Crippen LogP contribution in [0.25, 0.3) is 0 Å². The number of nitrogens with two attached hydrogens (primary N) is 1. The van der Waals surface area contributed by atoms with Crippen molar-refractivity contribution in [3.05, 3.63) is 22.7 Å². The lowest BCUT2D eigenvalue weighted by Crippen LogP contribution is -2.35. The summed E-state index contributed by atoms with van der Waals surface area (Å²) in [6, 6.07) is 0. The molecule has 1 unspecified atom stereocenters. The van der Waals surface area contributed by atoms with Crippen LogP contribution >= 0.6 is 0 Å². The molecule has 0 bridgehead atoms. The van der Waals surface area contributed by atoms with Crippen LogP contribution in [0.4, 0.5) is 5.82 Å². The van der Waals surface area contributed by atoms with Crippen LogP contribution in [0.2, 0.25) is 0 Å². The number of nitrogens with zero attached hydrogens (tertiary/aromatic N) is 3. The van der Waals surface area contributed by atoms with Crippen LogP contribution in [-0.4, -0.2) is 29.2 Å². The zero-order valence-electron chi connectivity index (χ0n) is 11.2. The topological polar surface area (TPSA) is 64.2 Å². The van der Waals surface area contributed by atoms with Gasteiger partial charge in [-0.2, -0.15) is 0 Å². The molecule has 2 N–H and O–H groups in total. The second kappa shape index (κ2) is 5.10. The van der Waals surface area contributed by atoms with Crippen LogP contribution in [0.15, 0.2) is 17.2 Å². The van der Waals surface area contributed by atoms with E-state index in [2.05, 4.69) is 23.7 Å². The lowest BCUT2D eigenvalue weighted by Gasteiger charge is -2.23. The van der Waals surface area contributed by atoms with Crippen LogP contribution in [0.1, 0.15) is 26.7 Å². The molecule has 5 heteroatoms. The third-order valence-corrected chi connectivity index (χ3v) is 3.71. The molecule has 0 spiro atoms. The van der Waals surface area contributed by atoms with Crippen molar-refractivity contribution in [3.63, 3.8) is 0 Å². The van der Waals surface area contributed by atoms with Gasteiger partial charge in [0.05, 0.1) is 0 Å². The maximum Gasteiger partial charge on any atom is 0.293 e. The van der Waals surface area contributed by atoms with Crippen LogP contribution in [0.3, 0.4) is 0 Å². The van der Waals surface area contributed by atoms with Gasteiger partial charge in [0, 0.05) is 32.0 Å². The third-order valence-electron chi connectivity index (χ3n) is 3.71. The molecule has 1 aromatic heterocycles. The Balaban J connectivity index is 2.25. The smallest absolute Gasteiger partial charge is 0.293 e. The number of aryl methyl sites for hydroxylation is 1. The fourth-order valence-electron chi connectivity index (χ4n) is 2.44. The van der Waals surface area contributed by atoms with Gasteiger partial charge in [0.2, 0.25) is 0 Å². The molecule has 1 aliphatic rings. The molecule has 1 saturated heterocycles. The van der Waals surface area contributed by atoms with E-state index < -0.39 is 0 Å². The molecule has 1 aromatic rings. The van der Waals surface area contributed by atoms with E-state index in [0.717, 1.165) is 32.5 Å². The Labute approximate surface area is 108 Å². The fourth-order valence-corrected chi connectivity index (χ4v) is 2.44. The zero-order chi connectivity index (χ0) is 13.2. The monoisotopic (exact) mass is 250 g/mol. The van der Waals surface area contributed by atoms with Crippen molar-refractivity contribution in [3.8, 4) is 0 Å². The van der Waals surface area contributed by atoms with Gasteiger partial charge in [0.25, 0.3) is 5.56 Å². The van der Waals surface area contributed by atoms with Gasteiger partial charge in [-0.05, 0) is 24.8 Å². The molecule has 1 atom stereocenters. The van der Waals surface area contributed by atoms with Crippen LogP contribution < -0.4 is 16.2 Å². The van der Waals surface area contributed by atoms with Crippen molar-refractivity contribution in [1.29, 1.82) is 0 Å². The molecule has 5 nitrogen and oxygen atoms in total. The molecule has 1 fully saturated rings. The summed E-state index contributed by atoms with van der Waals surface area (Å²) in [4.78, 5) is 18.6. The van der Waals surface area contributed by atoms with Gasteiger partial charge in [-0.25, -0.2) is 4.98 Å². The number of anilines is 1. The molecule has 1 aliphatic heterocycles. The summed E-state index contributed by atoms with van der Waals surface area (Å²) in [5.41, 5.74) is 5.92. The predicted octanol–water partition coefficient (Wildman–Crippen LogP) is 0.828. The standard InChI is InChI=1S/C13H22N4O/c1-3-6-16-8-5-15-11(12(16)18)17-7-4-13(2,9-14)10-17/h5,8H,3-4,6-7,9-10,14H2,1-2H3. The van der Waals surface area contributed by atoms with E-state index in [1.807, 2.05) is 0 Å². The lowest BCUT2D eigenvalue weighted by atomic mass is 9.90. The van der Waals surface area contributed by atoms with E-state index >= 15 is 0 Å². The highest BCUT2D eigenvalue weighted by atomic mass is 16.1. The van der Waals surface area contributed by atoms with Crippen LogP contribution in [-0.2, 0) is 6.54 Å². The van der Waals surface area contributed by atoms with Crippen LogP contribution in [0.5, 0.6) is 0 Å². The van der Waals surface area contributed by atoms with Crippen molar-refractivity contribution < 1.29 is 0 Å². The molecule has 0 saturated carbocycles. The van der Waals surface area contributed by atoms with Crippen molar-refractivity contribution >= 4 is 5.82 Å². The van der Waals surface area contributed by atoms with E-state index in [4.69, 9.17) is 5.73 Å². The number of hydrogen-bond donors (Lipinski definition) is 1. The Bertz CT molecular complexity index is 470. The molecule has 0 amide bonds. The minimum Gasteiger partial charge on any atom is -0.351 e. The summed E-state index contributed by atoms with van der Waals surface area (Å²) in [5.74, 6) is 0.572. The summed E-state index contributed by atoms with van der Waals surface area (Å²) in [6.07, 6.45) is 5.44. The quantitative estimate of drug-likeness (QED) is 0.859. The largest absolute Gasteiger partial charge is 0.351 e. The van der Waals surface area contributed by atoms with Crippen molar-refractivity contribution in [1.82, 2.24) is 9.55 Å². The summed E-state index contributed by atoms with van der Waals surface area (Å²) in [6.45, 7) is 7.32. The van der Waals surface area contributed by atoms with Gasteiger partial charge in [0.15, 0.2) is 5.82 Å². The second-order valence-corrected chi connectivity index (χ2v) is 5.44. The summed E-state index contributed by atoms with van der Waals surface area (Å²) in [7, 11) is 0. The zero-order valence-corrected chi connectivity index (χ0v) is 11.2. The normalized spacial score (nSPS) is 23.6. The van der Waals surface area contributed by atoms with E-state index in [9.17, 15) is 4.79 Å². The van der Waals surface area contributed by atoms with Gasteiger partial charge < -0.3 is 15.2 Å². The SMILES string of the molecule is CCCn1ccnc(N2CCC(C)(CN)C2)c1=O. The van der Waals surface area contributed by atoms with Gasteiger partial charge in [-0.15, -0.1) is 0 Å². The maximum absolute atomic E-state index is 12.3. The minimum atomic E-state index is 0.0145. The minimum absolute atomic E-state index is 0.0145. The molecule has 0 aliphatic carbocycles. The summed E-state index contributed by atoms with van der Waals surface area (Å²) < 4.78 is 1.74. The van der Waals surface area contributed by atoms with Gasteiger partial charge >= 0.3 is 0 Å². The highest BCUT2D eigenvalue weighted by Gasteiger charge is 2.34. The number of rotatable bonds is 4. The Morgan fingerprint density at radius 2 is 2.33 bits per heavy atom. The average Bonchev–Trinajstić information content (AvgIpc) is 2.76. The first-order chi connectivity index (χ1) is 8.59. The van der Waals surface area contributed by atoms with Crippen LogP contribution in [0, 0.1) is 5.41 Å². The van der Waals surface area contributed by atoms with E-state index in [-0.39, 0.29) is 11.0 Å².